The summed E-state index contributed by atoms with van der Waals surface area (Å²) in [5, 5.41) is 20.1. The number of hydrogen-bond acceptors (Lipinski definition) is 5. The highest BCUT2D eigenvalue weighted by Gasteiger charge is 2.30. The molecule has 1 atom stereocenters. The van der Waals surface area contributed by atoms with Crippen LogP contribution in [0.25, 0.3) is 0 Å². The van der Waals surface area contributed by atoms with Gasteiger partial charge in [0.05, 0.1) is 30.6 Å². The van der Waals surface area contributed by atoms with Crippen molar-refractivity contribution in [1.82, 2.24) is 0 Å². The number of nitrogens with zero attached hydrogens (tertiary/aromatic N) is 2. The number of ether oxygens (including phenoxy) is 1. The van der Waals surface area contributed by atoms with Crippen LogP contribution in [-0.4, -0.2) is 41.8 Å². The number of aliphatic carboxylic acids is 1. The lowest BCUT2D eigenvalue weighted by Gasteiger charge is -2.36. The Morgan fingerprint density at radius 2 is 2.35 bits per heavy atom. The monoisotopic (exact) mass is 344 g/mol. The van der Waals surface area contributed by atoms with Crippen LogP contribution in [-0.2, 0) is 9.53 Å². The number of nitro groups is 1. The van der Waals surface area contributed by atoms with Gasteiger partial charge in [-0.3, -0.25) is 14.9 Å². The van der Waals surface area contributed by atoms with Crippen molar-refractivity contribution in [1.29, 1.82) is 0 Å². The molecular formula is C12H13BrN2O5. The van der Waals surface area contributed by atoms with E-state index in [1.807, 2.05) is 0 Å². The Hall–Kier alpha value is -1.67. The van der Waals surface area contributed by atoms with E-state index in [1.54, 1.807) is 17.0 Å². The number of carbonyl (C=O) groups is 1. The number of morpholine rings is 1. The number of benzene rings is 1. The van der Waals surface area contributed by atoms with E-state index >= 15 is 0 Å². The summed E-state index contributed by atoms with van der Waals surface area (Å²) in [5.74, 6) is -0.953. The van der Waals surface area contributed by atoms with Gasteiger partial charge in [-0.2, -0.15) is 0 Å². The van der Waals surface area contributed by atoms with Gasteiger partial charge in [0.1, 0.15) is 5.69 Å². The van der Waals surface area contributed by atoms with Crippen LogP contribution in [0.15, 0.2) is 22.7 Å². The molecule has 0 aromatic heterocycles. The van der Waals surface area contributed by atoms with Crippen LogP contribution in [0.1, 0.15) is 6.42 Å². The van der Waals surface area contributed by atoms with E-state index in [9.17, 15) is 14.9 Å². The summed E-state index contributed by atoms with van der Waals surface area (Å²) in [6.45, 7) is 1.10. The second-order valence-electron chi connectivity index (χ2n) is 4.41. The summed E-state index contributed by atoms with van der Waals surface area (Å²) < 4.78 is 5.88. The van der Waals surface area contributed by atoms with Crippen LogP contribution < -0.4 is 4.90 Å². The second-order valence-corrected chi connectivity index (χ2v) is 5.33. The van der Waals surface area contributed by atoms with Gasteiger partial charge in [0.25, 0.3) is 5.69 Å². The maximum Gasteiger partial charge on any atom is 0.305 e. The second kappa shape index (κ2) is 6.19. The van der Waals surface area contributed by atoms with E-state index in [0.29, 0.717) is 23.3 Å². The van der Waals surface area contributed by atoms with Gasteiger partial charge in [-0.1, -0.05) is 15.9 Å². The van der Waals surface area contributed by atoms with Crippen LogP contribution in [0.5, 0.6) is 0 Å². The molecule has 20 heavy (non-hydrogen) atoms. The molecule has 0 bridgehead atoms. The zero-order valence-electron chi connectivity index (χ0n) is 10.5. The molecule has 1 aliphatic rings. The van der Waals surface area contributed by atoms with Crippen LogP contribution >= 0.6 is 15.9 Å². The Kier molecular flexibility index (Phi) is 4.56. The first-order chi connectivity index (χ1) is 9.49. The molecule has 0 aliphatic carbocycles. The van der Waals surface area contributed by atoms with E-state index in [1.165, 1.54) is 6.07 Å². The van der Waals surface area contributed by atoms with Crippen molar-refractivity contribution < 1.29 is 19.6 Å². The normalized spacial score (nSPS) is 18.9. The Balaban J connectivity index is 2.36. The molecule has 1 aromatic rings. The van der Waals surface area contributed by atoms with Crippen LogP contribution in [0, 0.1) is 10.1 Å². The fraction of sp³-hybridized carbons (Fsp3) is 0.417. The molecule has 8 heteroatoms. The third-order valence-corrected chi connectivity index (χ3v) is 3.57. The van der Waals surface area contributed by atoms with E-state index < -0.39 is 16.9 Å². The van der Waals surface area contributed by atoms with Gasteiger partial charge in [-0.15, -0.1) is 0 Å². The minimum atomic E-state index is -0.953. The maximum atomic E-state index is 11.2. The lowest BCUT2D eigenvalue weighted by Crippen LogP contribution is -2.46. The average molecular weight is 345 g/mol. The number of rotatable bonds is 4. The lowest BCUT2D eigenvalue weighted by molar-refractivity contribution is -0.384. The fourth-order valence-electron chi connectivity index (χ4n) is 2.23. The summed E-state index contributed by atoms with van der Waals surface area (Å²) in [6.07, 6.45) is -0.118. The summed E-state index contributed by atoms with van der Waals surface area (Å²) >= 11 is 3.20. The topological polar surface area (TPSA) is 92.9 Å². The summed E-state index contributed by atoms with van der Waals surface area (Å²) in [4.78, 5) is 23.3. The third kappa shape index (κ3) is 3.26. The molecule has 1 unspecified atom stereocenters. The average Bonchev–Trinajstić information content (AvgIpc) is 2.39. The molecule has 0 saturated carbocycles. The zero-order valence-corrected chi connectivity index (χ0v) is 12.1. The summed E-state index contributed by atoms with van der Waals surface area (Å²) in [7, 11) is 0. The minimum absolute atomic E-state index is 0.0448. The van der Waals surface area contributed by atoms with Gasteiger partial charge < -0.3 is 14.7 Å². The first kappa shape index (κ1) is 14.7. The smallest absolute Gasteiger partial charge is 0.305 e. The number of nitro benzene ring substituents is 1. The SMILES string of the molecule is O=C(O)CC1COCCN1c1ccc(Br)cc1[N+](=O)[O-]. The van der Waals surface area contributed by atoms with Gasteiger partial charge >= 0.3 is 5.97 Å². The molecule has 1 saturated heterocycles. The Morgan fingerprint density at radius 3 is 3.00 bits per heavy atom. The van der Waals surface area contributed by atoms with Gasteiger partial charge in [0, 0.05) is 17.1 Å². The molecule has 1 N–H and O–H groups in total. The fourth-order valence-corrected chi connectivity index (χ4v) is 2.58. The van der Waals surface area contributed by atoms with E-state index in [4.69, 9.17) is 9.84 Å². The van der Waals surface area contributed by atoms with Crippen LogP contribution in [0.4, 0.5) is 11.4 Å². The van der Waals surface area contributed by atoms with Crippen molar-refractivity contribution in [3.8, 4) is 0 Å². The van der Waals surface area contributed by atoms with Crippen molar-refractivity contribution in [2.24, 2.45) is 0 Å². The van der Waals surface area contributed by atoms with E-state index in [2.05, 4.69) is 15.9 Å². The van der Waals surface area contributed by atoms with Crippen molar-refractivity contribution >= 4 is 33.3 Å². The molecule has 2 rings (SSSR count). The van der Waals surface area contributed by atoms with Crippen LogP contribution in [0.2, 0.25) is 0 Å². The zero-order chi connectivity index (χ0) is 14.7. The van der Waals surface area contributed by atoms with Crippen molar-refractivity contribution in [2.75, 3.05) is 24.7 Å². The molecule has 108 valence electrons. The Bertz CT molecular complexity index is 537. The van der Waals surface area contributed by atoms with Crippen molar-refractivity contribution in [2.45, 2.75) is 12.5 Å². The highest BCUT2D eigenvalue weighted by molar-refractivity contribution is 9.10. The quantitative estimate of drug-likeness (QED) is 0.663. The van der Waals surface area contributed by atoms with Gasteiger partial charge in [0.2, 0.25) is 0 Å². The highest BCUT2D eigenvalue weighted by atomic mass is 79.9. The predicted octanol–water partition coefficient (Wildman–Crippen LogP) is 2.04. The predicted molar refractivity (Wildman–Crippen MR) is 75.0 cm³/mol. The molecule has 7 nitrogen and oxygen atoms in total. The molecule has 0 radical (unpaired) electrons. The summed E-state index contributed by atoms with van der Waals surface area (Å²) in [6, 6.07) is 4.35. The highest BCUT2D eigenvalue weighted by Crippen LogP contribution is 2.33. The number of hydrogen-bond donors (Lipinski definition) is 1. The summed E-state index contributed by atoms with van der Waals surface area (Å²) in [5.41, 5.74) is 0.379. The molecule has 0 spiro atoms. The van der Waals surface area contributed by atoms with Gasteiger partial charge in [-0.25, -0.2) is 0 Å². The number of carboxylic acid groups (broad SMARTS) is 1. The van der Waals surface area contributed by atoms with E-state index in [0.717, 1.165) is 0 Å². The Labute approximate surface area is 123 Å². The lowest BCUT2D eigenvalue weighted by atomic mass is 10.1. The first-order valence-electron chi connectivity index (χ1n) is 5.99. The third-order valence-electron chi connectivity index (χ3n) is 3.08. The molecular weight excluding hydrogens is 332 g/mol. The minimum Gasteiger partial charge on any atom is -0.481 e. The maximum absolute atomic E-state index is 11.2. The van der Waals surface area contributed by atoms with Crippen molar-refractivity contribution in [3.63, 3.8) is 0 Å². The number of anilines is 1. The van der Waals surface area contributed by atoms with Crippen molar-refractivity contribution in [3.05, 3.63) is 32.8 Å². The largest absolute Gasteiger partial charge is 0.481 e. The van der Waals surface area contributed by atoms with Gasteiger partial charge in [0.15, 0.2) is 0 Å². The van der Waals surface area contributed by atoms with Gasteiger partial charge in [-0.05, 0) is 12.1 Å². The number of halogens is 1. The van der Waals surface area contributed by atoms with E-state index in [-0.39, 0.29) is 18.7 Å². The molecule has 1 heterocycles. The molecule has 1 aromatic carbocycles. The molecule has 0 amide bonds. The number of carboxylic acids is 1. The standard InChI is InChI=1S/C12H13BrN2O5/c13-8-1-2-10(11(5-8)15(18)19)14-3-4-20-7-9(14)6-12(16)17/h1-2,5,9H,3-4,6-7H2,(H,16,17). The Morgan fingerprint density at radius 1 is 1.60 bits per heavy atom. The molecule has 1 fully saturated rings. The first-order valence-corrected chi connectivity index (χ1v) is 6.78. The van der Waals surface area contributed by atoms with Crippen LogP contribution in [0.3, 0.4) is 0 Å². The molecule has 1 aliphatic heterocycles.